The average molecular weight is 329 g/mol. The fraction of sp³-hybridized carbons (Fsp3) is 0.389. The van der Waals surface area contributed by atoms with E-state index in [9.17, 15) is 9.59 Å². The van der Waals surface area contributed by atoms with Gasteiger partial charge in [-0.3, -0.25) is 14.9 Å². The van der Waals surface area contributed by atoms with Gasteiger partial charge in [-0.05, 0) is 32.3 Å². The highest BCUT2D eigenvalue weighted by Crippen LogP contribution is 2.08. The lowest BCUT2D eigenvalue weighted by atomic mass is 10.0. The number of Topliss-reactive ketones (excluding diaryl/α,β-unsaturated/α-hetero) is 1. The minimum absolute atomic E-state index is 0.186. The van der Waals surface area contributed by atoms with Crippen molar-refractivity contribution >= 4 is 11.8 Å². The molecule has 0 saturated heterocycles. The molecular formula is C18H23N3O3. The second-order valence-corrected chi connectivity index (χ2v) is 5.52. The van der Waals surface area contributed by atoms with Crippen molar-refractivity contribution in [2.45, 2.75) is 38.8 Å². The molecule has 1 aromatic carbocycles. The number of aromatic amines is 1. The third-order valence-corrected chi connectivity index (χ3v) is 3.71. The van der Waals surface area contributed by atoms with Gasteiger partial charge in [0, 0.05) is 12.4 Å². The van der Waals surface area contributed by atoms with E-state index in [1.807, 2.05) is 30.3 Å². The molecule has 1 heterocycles. The number of carbonyl (C=O) groups excluding carboxylic acids is 2. The normalized spacial score (nSPS) is 13.2. The van der Waals surface area contributed by atoms with Crippen LogP contribution in [0.2, 0.25) is 0 Å². The number of hydrogen-bond donors (Lipinski definition) is 2. The van der Waals surface area contributed by atoms with Gasteiger partial charge in [-0.2, -0.15) is 0 Å². The number of ether oxygens (including phenoxy) is 1. The first-order valence-corrected chi connectivity index (χ1v) is 8.12. The maximum atomic E-state index is 12.3. The summed E-state index contributed by atoms with van der Waals surface area (Å²) >= 11 is 0. The lowest BCUT2D eigenvalue weighted by Gasteiger charge is -2.21. The van der Waals surface area contributed by atoms with Crippen molar-refractivity contribution in [3.63, 3.8) is 0 Å². The molecule has 0 bridgehead atoms. The van der Waals surface area contributed by atoms with E-state index >= 15 is 0 Å². The Bertz CT molecular complexity index is 641. The van der Waals surface area contributed by atoms with E-state index in [4.69, 9.17) is 4.74 Å². The second kappa shape index (κ2) is 8.98. The summed E-state index contributed by atoms with van der Waals surface area (Å²) in [5, 5.41) is 3.08. The minimum Gasteiger partial charge on any atom is -0.465 e. The van der Waals surface area contributed by atoms with Crippen molar-refractivity contribution in [1.82, 2.24) is 15.3 Å². The zero-order valence-electron chi connectivity index (χ0n) is 14.0. The molecule has 2 rings (SSSR count). The number of imidazole rings is 1. The summed E-state index contributed by atoms with van der Waals surface area (Å²) in [7, 11) is 0. The highest BCUT2D eigenvalue weighted by atomic mass is 16.5. The number of benzene rings is 1. The van der Waals surface area contributed by atoms with Crippen molar-refractivity contribution < 1.29 is 14.3 Å². The predicted octanol–water partition coefficient (Wildman–Crippen LogP) is 2.13. The molecule has 1 aromatic heterocycles. The van der Waals surface area contributed by atoms with Crippen molar-refractivity contribution in [2.24, 2.45) is 0 Å². The minimum atomic E-state index is -0.543. The molecule has 0 radical (unpaired) electrons. The van der Waals surface area contributed by atoms with Crippen LogP contribution in [0.4, 0.5) is 0 Å². The average Bonchev–Trinajstić information content (AvgIpc) is 3.13. The number of ketones is 1. The number of aromatic nitrogens is 2. The number of aryl methyl sites for hydroxylation is 1. The SMILES string of the molecule is CCOC(=O)[C@H](CCc1ccccc1)N[C@@H](C)C(=O)c1ncc[nH]1. The molecule has 6 heteroatoms. The Labute approximate surface area is 141 Å². The molecule has 0 saturated carbocycles. The Morgan fingerprint density at radius 2 is 2.04 bits per heavy atom. The molecule has 0 aliphatic rings. The van der Waals surface area contributed by atoms with E-state index < -0.39 is 12.1 Å². The standard InChI is InChI=1S/C18H23N3O3/c1-3-24-18(23)15(10-9-14-7-5-4-6-8-14)21-13(2)16(22)17-19-11-12-20-17/h4-8,11-13,15,21H,3,9-10H2,1-2H3,(H,19,20)/t13-,15-/m0/s1. The van der Waals surface area contributed by atoms with Crippen LogP contribution in [0, 0.1) is 0 Å². The number of H-pyrrole nitrogens is 1. The van der Waals surface area contributed by atoms with Crippen LogP contribution in [-0.4, -0.2) is 40.4 Å². The first-order valence-electron chi connectivity index (χ1n) is 8.12. The molecule has 2 atom stereocenters. The Kier molecular flexibility index (Phi) is 6.69. The first-order chi connectivity index (χ1) is 11.6. The van der Waals surface area contributed by atoms with Gasteiger partial charge < -0.3 is 9.72 Å². The molecule has 2 aromatic rings. The molecule has 0 unspecified atom stereocenters. The van der Waals surface area contributed by atoms with Crippen molar-refractivity contribution in [2.75, 3.05) is 6.61 Å². The summed E-state index contributed by atoms with van der Waals surface area (Å²) in [5.74, 6) is -0.248. The number of rotatable bonds is 9. The van der Waals surface area contributed by atoms with Gasteiger partial charge in [0.2, 0.25) is 5.78 Å². The molecular weight excluding hydrogens is 306 g/mol. The summed E-state index contributed by atoms with van der Waals surface area (Å²) in [6.07, 6.45) is 4.40. The van der Waals surface area contributed by atoms with E-state index in [-0.39, 0.29) is 17.6 Å². The monoisotopic (exact) mass is 329 g/mol. The topological polar surface area (TPSA) is 84.1 Å². The van der Waals surface area contributed by atoms with Crippen LogP contribution in [0.15, 0.2) is 42.7 Å². The molecule has 6 nitrogen and oxygen atoms in total. The quantitative estimate of drug-likeness (QED) is 0.544. The summed E-state index contributed by atoms with van der Waals surface area (Å²) in [5.41, 5.74) is 1.14. The number of nitrogens with zero attached hydrogens (tertiary/aromatic N) is 1. The van der Waals surface area contributed by atoms with Crippen LogP contribution in [-0.2, 0) is 16.0 Å². The molecule has 2 N–H and O–H groups in total. The molecule has 0 amide bonds. The number of esters is 1. The second-order valence-electron chi connectivity index (χ2n) is 5.52. The zero-order chi connectivity index (χ0) is 17.4. The van der Waals surface area contributed by atoms with Crippen molar-refractivity contribution in [3.05, 3.63) is 54.1 Å². The fourth-order valence-corrected chi connectivity index (χ4v) is 2.45. The number of carbonyl (C=O) groups is 2. The van der Waals surface area contributed by atoms with Gasteiger partial charge in [-0.15, -0.1) is 0 Å². The zero-order valence-corrected chi connectivity index (χ0v) is 14.0. The third-order valence-electron chi connectivity index (χ3n) is 3.71. The summed E-state index contributed by atoms with van der Waals surface area (Å²) in [4.78, 5) is 31.2. The van der Waals surface area contributed by atoms with Gasteiger partial charge in [0.1, 0.15) is 6.04 Å². The molecule has 0 aliphatic carbocycles. The van der Waals surface area contributed by atoms with Gasteiger partial charge in [0.15, 0.2) is 5.82 Å². The van der Waals surface area contributed by atoms with Crippen molar-refractivity contribution in [1.29, 1.82) is 0 Å². The highest BCUT2D eigenvalue weighted by Gasteiger charge is 2.26. The van der Waals surface area contributed by atoms with E-state index in [2.05, 4.69) is 15.3 Å². The molecule has 0 aliphatic heterocycles. The van der Waals surface area contributed by atoms with E-state index in [1.165, 1.54) is 6.20 Å². The third kappa shape index (κ3) is 5.03. The van der Waals surface area contributed by atoms with Crippen molar-refractivity contribution in [3.8, 4) is 0 Å². The van der Waals surface area contributed by atoms with Crippen LogP contribution >= 0.6 is 0 Å². The highest BCUT2D eigenvalue weighted by molar-refractivity contribution is 5.97. The van der Waals surface area contributed by atoms with Gasteiger partial charge in [-0.25, -0.2) is 4.98 Å². The largest absolute Gasteiger partial charge is 0.465 e. The maximum absolute atomic E-state index is 12.3. The van der Waals surface area contributed by atoms with Gasteiger partial charge in [0.05, 0.1) is 12.6 Å². The lowest BCUT2D eigenvalue weighted by Crippen LogP contribution is -2.46. The molecule has 0 fully saturated rings. The van der Waals surface area contributed by atoms with E-state index in [0.717, 1.165) is 12.0 Å². The first kappa shape index (κ1) is 17.9. The van der Waals surface area contributed by atoms with Crippen LogP contribution in [0.3, 0.4) is 0 Å². The Balaban J connectivity index is 1.99. The summed E-state index contributed by atoms with van der Waals surface area (Å²) < 4.78 is 5.13. The molecule has 128 valence electrons. The van der Waals surface area contributed by atoms with E-state index in [1.54, 1.807) is 20.0 Å². The van der Waals surface area contributed by atoms with Gasteiger partial charge in [-0.1, -0.05) is 30.3 Å². The van der Waals surface area contributed by atoms with E-state index in [0.29, 0.717) is 13.0 Å². The van der Waals surface area contributed by atoms with Crippen LogP contribution in [0.25, 0.3) is 0 Å². The molecule has 0 spiro atoms. The predicted molar refractivity (Wildman–Crippen MR) is 90.7 cm³/mol. The van der Waals surface area contributed by atoms with Gasteiger partial charge >= 0.3 is 5.97 Å². The smallest absolute Gasteiger partial charge is 0.323 e. The van der Waals surface area contributed by atoms with Crippen LogP contribution in [0.1, 0.15) is 36.5 Å². The number of nitrogens with one attached hydrogen (secondary N) is 2. The number of hydrogen-bond acceptors (Lipinski definition) is 5. The van der Waals surface area contributed by atoms with Gasteiger partial charge in [0.25, 0.3) is 0 Å². The maximum Gasteiger partial charge on any atom is 0.323 e. The lowest BCUT2D eigenvalue weighted by molar-refractivity contribution is -0.145. The Morgan fingerprint density at radius 3 is 2.67 bits per heavy atom. The fourth-order valence-electron chi connectivity index (χ4n) is 2.45. The molecule has 24 heavy (non-hydrogen) atoms. The Hall–Kier alpha value is -2.47. The Morgan fingerprint density at radius 1 is 1.29 bits per heavy atom. The summed E-state index contributed by atoms with van der Waals surface area (Å²) in [6, 6.07) is 8.82. The summed E-state index contributed by atoms with van der Waals surface area (Å²) in [6.45, 7) is 3.80. The van der Waals surface area contributed by atoms with Crippen LogP contribution in [0.5, 0.6) is 0 Å². The van der Waals surface area contributed by atoms with Crippen LogP contribution < -0.4 is 5.32 Å².